The number of aromatic hydroxyl groups is 1. The summed E-state index contributed by atoms with van der Waals surface area (Å²) in [4.78, 5) is 12.3. The second-order valence-corrected chi connectivity index (χ2v) is 5.80. The lowest BCUT2D eigenvalue weighted by Gasteiger charge is -2.37. The zero-order valence-electron chi connectivity index (χ0n) is 11.7. The van der Waals surface area contributed by atoms with Crippen LogP contribution in [0.1, 0.15) is 33.3 Å². The highest BCUT2D eigenvalue weighted by Crippen LogP contribution is 2.30. The van der Waals surface area contributed by atoms with Crippen molar-refractivity contribution in [2.24, 2.45) is 11.1 Å². The third kappa shape index (κ3) is 2.82. The molecule has 1 aromatic rings. The second kappa shape index (κ2) is 4.61. The molecule has 0 spiro atoms. The Labute approximate surface area is 108 Å². The molecular weight excluding hydrogens is 228 g/mol. The van der Waals surface area contributed by atoms with Gasteiger partial charge in [0.25, 0.3) is 0 Å². The van der Waals surface area contributed by atoms with Crippen molar-refractivity contribution in [1.82, 2.24) is 0 Å². The van der Waals surface area contributed by atoms with Crippen molar-refractivity contribution in [3.63, 3.8) is 0 Å². The summed E-state index contributed by atoms with van der Waals surface area (Å²) >= 11 is 0. The Hall–Kier alpha value is -1.55. The van der Waals surface area contributed by atoms with E-state index in [-0.39, 0.29) is 11.7 Å². The number of nitrogens with two attached hydrogens (primary N) is 1. The van der Waals surface area contributed by atoms with Gasteiger partial charge in [-0.15, -0.1) is 0 Å². The molecule has 0 unspecified atom stereocenters. The van der Waals surface area contributed by atoms with Crippen molar-refractivity contribution in [2.45, 2.75) is 40.2 Å². The number of carbonyl (C=O) groups is 1. The van der Waals surface area contributed by atoms with Crippen LogP contribution in [0.15, 0.2) is 18.2 Å². The Morgan fingerprint density at radius 1 is 1.28 bits per heavy atom. The maximum atomic E-state index is 12.3. The van der Waals surface area contributed by atoms with Gasteiger partial charge in [-0.1, -0.05) is 0 Å². The average Bonchev–Trinajstić information content (AvgIpc) is 2.20. The molecule has 0 aromatic heterocycles. The molecule has 1 rings (SSSR count). The molecular formula is C14H22N2O2. The molecule has 0 aliphatic heterocycles. The van der Waals surface area contributed by atoms with Crippen LogP contribution in [-0.4, -0.2) is 16.6 Å². The summed E-state index contributed by atoms with van der Waals surface area (Å²) < 4.78 is 0. The standard InChI is InChI=1S/C14H22N2O2/c1-9-8-10(17)6-7-11(9)16-12(18)13(2,3)14(4,5)15/h6-8,17H,15H2,1-5H3,(H,16,18). The van der Waals surface area contributed by atoms with Gasteiger partial charge in [-0.05, 0) is 58.4 Å². The van der Waals surface area contributed by atoms with Crippen LogP contribution in [0.3, 0.4) is 0 Å². The third-order valence-corrected chi connectivity index (χ3v) is 3.64. The fraction of sp³-hybridized carbons (Fsp3) is 0.500. The number of hydrogen-bond donors (Lipinski definition) is 3. The molecule has 0 bridgehead atoms. The summed E-state index contributed by atoms with van der Waals surface area (Å²) in [6, 6.07) is 4.83. The summed E-state index contributed by atoms with van der Waals surface area (Å²) in [7, 11) is 0. The minimum Gasteiger partial charge on any atom is -0.508 e. The maximum absolute atomic E-state index is 12.3. The molecule has 1 aromatic carbocycles. The zero-order chi connectivity index (χ0) is 14.1. The van der Waals surface area contributed by atoms with Crippen molar-refractivity contribution in [1.29, 1.82) is 0 Å². The number of carbonyl (C=O) groups excluding carboxylic acids is 1. The minimum atomic E-state index is -0.697. The van der Waals surface area contributed by atoms with Crippen LogP contribution in [0.2, 0.25) is 0 Å². The fourth-order valence-corrected chi connectivity index (χ4v) is 1.36. The van der Waals surface area contributed by atoms with E-state index in [9.17, 15) is 9.90 Å². The minimum absolute atomic E-state index is 0.135. The summed E-state index contributed by atoms with van der Waals surface area (Å²) in [5.41, 5.74) is 6.21. The van der Waals surface area contributed by atoms with E-state index in [0.29, 0.717) is 5.69 Å². The van der Waals surface area contributed by atoms with Gasteiger partial charge >= 0.3 is 0 Å². The Kier molecular flexibility index (Phi) is 3.72. The van der Waals surface area contributed by atoms with Crippen LogP contribution in [0.4, 0.5) is 5.69 Å². The lowest BCUT2D eigenvalue weighted by Crippen LogP contribution is -2.53. The van der Waals surface area contributed by atoms with E-state index >= 15 is 0 Å². The van der Waals surface area contributed by atoms with E-state index in [1.165, 1.54) is 0 Å². The van der Waals surface area contributed by atoms with Crippen molar-refractivity contribution in [3.05, 3.63) is 23.8 Å². The van der Waals surface area contributed by atoms with Gasteiger partial charge in [-0.25, -0.2) is 0 Å². The summed E-state index contributed by atoms with van der Waals surface area (Å²) in [6.07, 6.45) is 0. The quantitative estimate of drug-likeness (QED) is 0.721. The van der Waals surface area contributed by atoms with Crippen LogP contribution < -0.4 is 11.1 Å². The van der Waals surface area contributed by atoms with Crippen LogP contribution in [0, 0.1) is 12.3 Å². The van der Waals surface area contributed by atoms with Crippen molar-refractivity contribution < 1.29 is 9.90 Å². The predicted octanol–water partition coefficient (Wildman–Crippen LogP) is 2.40. The Morgan fingerprint density at radius 3 is 2.28 bits per heavy atom. The number of rotatable bonds is 3. The monoisotopic (exact) mass is 250 g/mol. The van der Waals surface area contributed by atoms with Crippen LogP contribution in [0.25, 0.3) is 0 Å². The molecule has 0 heterocycles. The maximum Gasteiger partial charge on any atom is 0.231 e. The molecule has 4 nitrogen and oxygen atoms in total. The Morgan fingerprint density at radius 2 is 1.83 bits per heavy atom. The van der Waals surface area contributed by atoms with Gasteiger partial charge in [0.2, 0.25) is 5.91 Å². The van der Waals surface area contributed by atoms with Crippen LogP contribution in [-0.2, 0) is 4.79 Å². The van der Waals surface area contributed by atoms with Crippen molar-refractivity contribution >= 4 is 11.6 Å². The fourth-order valence-electron chi connectivity index (χ4n) is 1.36. The number of nitrogens with one attached hydrogen (secondary N) is 1. The first-order valence-electron chi connectivity index (χ1n) is 5.95. The average molecular weight is 250 g/mol. The third-order valence-electron chi connectivity index (χ3n) is 3.64. The van der Waals surface area contributed by atoms with Gasteiger partial charge in [0.1, 0.15) is 5.75 Å². The number of hydrogen-bond acceptors (Lipinski definition) is 3. The number of aryl methyl sites for hydroxylation is 1. The van der Waals surface area contributed by atoms with Crippen LogP contribution >= 0.6 is 0 Å². The Bertz CT molecular complexity index is 459. The summed E-state index contributed by atoms with van der Waals surface area (Å²) in [6.45, 7) is 9.12. The largest absolute Gasteiger partial charge is 0.508 e. The first-order valence-corrected chi connectivity index (χ1v) is 5.95. The van der Waals surface area contributed by atoms with Crippen molar-refractivity contribution in [3.8, 4) is 5.75 Å². The lowest BCUT2D eigenvalue weighted by molar-refractivity contribution is -0.126. The van der Waals surface area contributed by atoms with Gasteiger partial charge in [0.15, 0.2) is 0 Å². The zero-order valence-corrected chi connectivity index (χ0v) is 11.7. The molecule has 1 amide bonds. The molecule has 0 fully saturated rings. The summed E-state index contributed by atoms with van der Waals surface area (Å²) in [5, 5.41) is 12.2. The summed E-state index contributed by atoms with van der Waals surface area (Å²) in [5.74, 6) is 0.0488. The normalized spacial score (nSPS) is 12.3. The molecule has 0 aliphatic rings. The number of benzene rings is 1. The lowest BCUT2D eigenvalue weighted by atomic mass is 9.74. The number of amides is 1. The SMILES string of the molecule is Cc1cc(O)ccc1NC(=O)C(C)(C)C(C)(C)N. The topological polar surface area (TPSA) is 75.3 Å². The van der Waals surface area contributed by atoms with Crippen LogP contribution in [0.5, 0.6) is 5.75 Å². The molecule has 4 heteroatoms. The Balaban J connectivity index is 2.95. The van der Waals surface area contributed by atoms with E-state index in [4.69, 9.17) is 5.73 Å². The highest BCUT2D eigenvalue weighted by atomic mass is 16.3. The molecule has 0 saturated heterocycles. The molecule has 0 saturated carbocycles. The second-order valence-electron chi connectivity index (χ2n) is 5.80. The van der Waals surface area contributed by atoms with Gasteiger partial charge in [-0.2, -0.15) is 0 Å². The molecule has 100 valence electrons. The molecule has 0 aliphatic carbocycles. The highest BCUT2D eigenvalue weighted by Gasteiger charge is 2.40. The molecule has 0 radical (unpaired) electrons. The first kappa shape index (κ1) is 14.5. The molecule has 18 heavy (non-hydrogen) atoms. The number of phenols is 1. The smallest absolute Gasteiger partial charge is 0.231 e. The van der Waals surface area contributed by atoms with E-state index in [0.717, 1.165) is 5.56 Å². The van der Waals surface area contributed by atoms with Gasteiger partial charge in [-0.3, -0.25) is 4.79 Å². The van der Waals surface area contributed by atoms with E-state index in [1.807, 2.05) is 34.6 Å². The van der Waals surface area contributed by atoms with Gasteiger partial charge in [0.05, 0.1) is 5.41 Å². The van der Waals surface area contributed by atoms with Gasteiger partial charge < -0.3 is 16.2 Å². The van der Waals surface area contributed by atoms with E-state index < -0.39 is 11.0 Å². The predicted molar refractivity (Wildman–Crippen MR) is 73.5 cm³/mol. The van der Waals surface area contributed by atoms with E-state index in [2.05, 4.69) is 5.32 Å². The van der Waals surface area contributed by atoms with E-state index in [1.54, 1.807) is 18.2 Å². The van der Waals surface area contributed by atoms with Crippen molar-refractivity contribution in [2.75, 3.05) is 5.32 Å². The highest BCUT2D eigenvalue weighted by molar-refractivity contribution is 5.96. The van der Waals surface area contributed by atoms with Gasteiger partial charge in [0, 0.05) is 11.2 Å². The molecule has 0 atom stereocenters. The first-order chi connectivity index (χ1) is 8.05. The number of anilines is 1. The number of phenolic OH excluding ortho intramolecular Hbond substituents is 1. The molecule has 4 N–H and O–H groups in total.